The molecule has 0 radical (unpaired) electrons. The fraction of sp³-hybridized carbons (Fsp3) is 0.533. The summed E-state index contributed by atoms with van der Waals surface area (Å²) in [5.41, 5.74) is 1.70. The Labute approximate surface area is 133 Å². The molecular weight excluding hydrogens is 369 g/mol. The smallest absolute Gasteiger partial charge is 0.292 e. The van der Waals surface area contributed by atoms with E-state index in [-0.39, 0.29) is 5.91 Å². The summed E-state index contributed by atoms with van der Waals surface area (Å²) in [6.07, 6.45) is 3.22. The van der Waals surface area contributed by atoms with Gasteiger partial charge in [0.05, 0.1) is 5.69 Å². The Morgan fingerprint density at radius 3 is 2.55 bits per heavy atom. The van der Waals surface area contributed by atoms with Crippen molar-refractivity contribution in [2.45, 2.75) is 32.0 Å². The maximum absolute atomic E-state index is 12.7. The molecule has 0 saturated heterocycles. The predicted molar refractivity (Wildman–Crippen MR) is 86.7 cm³/mol. The summed E-state index contributed by atoms with van der Waals surface area (Å²) in [6, 6.07) is 5.93. The highest BCUT2D eigenvalue weighted by Gasteiger charge is 2.52. The van der Waals surface area contributed by atoms with Crippen LogP contribution in [0.4, 0.5) is 5.69 Å². The summed E-state index contributed by atoms with van der Waals surface area (Å²) in [6.45, 7) is 2.85. The monoisotopic (exact) mass is 389 g/mol. The van der Waals surface area contributed by atoms with Crippen LogP contribution in [0.5, 0.6) is 0 Å². The second kappa shape index (κ2) is 6.41. The van der Waals surface area contributed by atoms with Crippen LogP contribution < -0.4 is 4.90 Å². The van der Waals surface area contributed by atoms with Crippen LogP contribution in [0.25, 0.3) is 0 Å². The zero-order chi connectivity index (χ0) is 14.8. The molecule has 0 unspecified atom stereocenters. The highest BCUT2D eigenvalue weighted by atomic mass is 127. The topological polar surface area (TPSA) is 38.8 Å². The molecule has 0 atom stereocenters. The minimum atomic E-state index is -1.29. The van der Waals surface area contributed by atoms with Gasteiger partial charge in [-0.15, -0.1) is 0 Å². The van der Waals surface area contributed by atoms with E-state index in [9.17, 15) is 4.79 Å². The van der Waals surface area contributed by atoms with Crippen LogP contribution in [0.15, 0.2) is 18.2 Å². The first-order chi connectivity index (χ1) is 9.60. The first-order valence-corrected chi connectivity index (χ1v) is 7.91. The summed E-state index contributed by atoms with van der Waals surface area (Å²) in [7, 11) is 3.03. The number of carbonyl (C=O) groups excluding carboxylic acids is 1. The standard InChI is InChI=1S/C15H20INO3/c1-4-5-6-9-17-13-8-7-11(16)10-12(13)15(19-2,20-3)14(17)18/h7-8,10H,4-6,9H2,1-3H3. The maximum Gasteiger partial charge on any atom is 0.292 e. The lowest BCUT2D eigenvalue weighted by molar-refractivity contribution is -0.209. The molecule has 0 fully saturated rings. The van der Waals surface area contributed by atoms with Gasteiger partial charge in [-0.1, -0.05) is 19.8 Å². The highest BCUT2D eigenvalue weighted by molar-refractivity contribution is 14.1. The largest absolute Gasteiger partial charge is 0.342 e. The number of amides is 1. The van der Waals surface area contributed by atoms with Crippen molar-refractivity contribution >= 4 is 34.2 Å². The van der Waals surface area contributed by atoms with Gasteiger partial charge in [0.2, 0.25) is 0 Å². The van der Waals surface area contributed by atoms with Crippen molar-refractivity contribution in [1.82, 2.24) is 0 Å². The molecule has 4 nitrogen and oxygen atoms in total. The van der Waals surface area contributed by atoms with Gasteiger partial charge in [0.25, 0.3) is 11.7 Å². The van der Waals surface area contributed by atoms with Gasteiger partial charge < -0.3 is 14.4 Å². The summed E-state index contributed by atoms with van der Waals surface area (Å²) >= 11 is 2.23. The van der Waals surface area contributed by atoms with Gasteiger partial charge in [-0.3, -0.25) is 4.79 Å². The Hall–Kier alpha value is -0.660. The number of ether oxygens (including phenoxy) is 2. The Kier molecular flexibility index (Phi) is 5.04. The van der Waals surface area contributed by atoms with Crippen molar-refractivity contribution in [3.8, 4) is 0 Å². The van der Waals surface area contributed by atoms with Crippen LogP contribution in [0, 0.1) is 3.57 Å². The van der Waals surface area contributed by atoms with Gasteiger partial charge in [-0.2, -0.15) is 0 Å². The molecule has 1 aromatic rings. The number of fused-ring (bicyclic) bond motifs is 1. The van der Waals surface area contributed by atoms with Crippen molar-refractivity contribution in [2.75, 3.05) is 25.7 Å². The summed E-state index contributed by atoms with van der Waals surface area (Å²) in [5.74, 6) is -1.42. The lowest BCUT2D eigenvalue weighted by Gasteiger charge is -2.25. The Morgan fingerprint density at radius 2 is 1.95 bits per heavy atom. The second-order valence-corrected chi connectivity index (χ2v) is 6.10. The number of unbranched alkanes of at least 4 members (excludes halogenated alkanes) is 2. The first kappa shape index (κ1) is 15.7. The zero-order valence-electron chi connectivity index (χ0n) is 12.1. The third-order valence-corrected chi connectivity index (χ3v) is 4.36. The lowest BCUT2D eigenvalue weighted by atomic mass is 10.1. The third-order valence-electron chi connectivity index (χ3n) is 3.69. The molecular formula is C15H20INO3. The minimum Gasteiger partial charge on any atom is -0.342 e. The zero-order valence-corrected chi connectivity index (χ0v) is 14.3. The normalized spacial score (nSPS) is 16.6. The van der Waals surface area contributed by atoms with Gasteiger partial charge in [-0.05, 0) is 47.2 Å². The SMILES string of the molecule is CCCCCN1C(=O)C(OC)(OC)c2cc(I)ccc21. The molecule has 0 aromatic heterocycles. The molecule has 0 spiro atoms. The van der Waals surface area contributed by atoms with E-state index in [2.05, 4.69) is 29.5 Å². The fourth-order valence-corrected chi connectivity index (χ4v) is 3.12. The van der Waals surface area contributed by atoms with Crippen LogP contribution in [-0.4, -0.2) is 26.7 Å². The van der Waals surface area contributed by atoms with E-state index in [1.54, 1.807) is 4.90 Å². The van der Waals surface area contributed by atoms with E-state index >= 15 is 0 Å². The number of rotatable bonds is 6. The van der Waals surface area contributed by atoms with Crippen LogP contribution >= 0.6 is 22.6 Å². The molecule has 0 saturated carbocycles. The number of halogens is 1. The van der Waals surface area contributed by atoms with E-state index in [1.807, 2.05) is 18.2 Å². The second-order valence-electron chi connectivity index (χ2n) is 4.85. The van der Waals surface area contributed by atoms with E-state index in [0.29, 0.717) is 6.54 Å². The van der Waals surface area contributed by atoms with Gasteiger partial charge in [0.1, 0.15) is 0 Å². The van der Waals surface area contributed by atoms with E-state index in [0.717, 1.165) is 34.1 Å². The number of benzene rings is 1. The van der Waals surface area contributed by atoms with Crippen LogP contribution in [0.2, 0.25) is 0 Å². The quantitative estimate of drug-likeness (QED) is 0.426. The average molecular weight is 389 g/mol. The molecule has 1 heterocycles. The Balaban J connectivity index is 2.41. The summed E-state index contributed by atoms with van der Waals surface area (Å²) in [4.78, 5) is 14.5. The highest BCUT2D eigenvalue weighted by Crippen LogP contribution is 2.43. The number of anilines is 1. The Bertz CT molecular complexity index is 500. The van der Waals surface area contributed by atoms with Crippen molar-refractivity contribution in [2.24, 2.45) is 0 Å². The molecule has 0 N–H and O–H groups in total. The Morgan fingerprint density at radius 1 is 1.25 bits per heavy atom. The average Bonchev–Trinajstić information content (AvgIpc) is 2.68. The van der Waals surface area contributed by atoms with E-state index in [4.69, 9.17) is 9.47 Å². The summed E-state index contributed by atoms with van der Waals surface area (Å²) < 4.78 is 12.0. The predicted octanol–water partition coefficient (Wildman–Crippen LogP) is 3.27. The number of hydrogen-bond acceptors (Lipinski definition) is 3. The maximum atomic E-state index is 12.7. The number of nitrogens with zero attached hydrogens (tertiary/aromatic N) is 1. The van der Waals surface area contributed by atoms with Crippen molar-refractivity contribution in [3.05, 3.63) is 27.3 Å². The number of carbonyl (C=O) groups is 1. The molecule has 1 amide bonds. The molecule has 0 bridgehead atoms. The first-order valence-electron chi connectivity index (χ1n) is 6.83. The molecule has 110 valence electrons. The van der Waals surface area contributed by atoms with Crippen molar-refractivity contribution < 1.29 is 14.3 Å². The van der Waals surface area contributed by atoms with Crippen LogP contribution in [-0.2, 0) is 20.1 Å². The van der Waals surface area contributed by atoms with E-state index in [1.165, 1.54) is 14.2 Å². The summed E-state index contributed by atoms with van der Waals surface area (Å²) in [5, 5.41) is 0. The van der Waals surface area contributed by atoms with Crippen molar-refractivity contribution in [1.29, 1.82) is 0 Å². The number of hydrogen-bond donors (Lipinski definition) is 0. The molecule has 1 aromatic carbocycles. The van der Waals surface area contributed by atoms with Gasteiger partial charge >= 0.3 is 0 Å². The lowest BCUT2D eigenvalue weighted by Crippen LogP contribution is -2.43. The fourth-order valence-electron chi connectivity index (χ4n) is 2.63. The number of methoxy groups -OCH3 is 2. The molecule has 20 heavy (non-hydrogen) atoms. The molecule has 1 aliphatic heterocycles. The van der Waals surface area contributed by atoms with Gasteiger partial charge in [0.15, 0.2) is 0 Å². The van der Waals surface area contributed by atoms with Crippen LogP contribution in [0.1, 0.15) is 31.7 Å². The van der Waals surface area contributed by atoms with Crippen molar-refractivity contribution in [3.63, 3.8) is 0 Å². The van der Waals surface area contributed by atoms with Gasteiger partial charge in [0, 0.05) is 29.9 Å². The van der Waals surface area contributed by atoms with Gasteiger partial charge in [-0.25, -0.2) is 0 Å². The minimum absolute atomic E-state index is 0.129. The molecule has 2 rings (SSSR count). The molecule has 0 aliphatic carbocycles. The molecule has 5 heteroatoms. The third kappa shape index (κ3) is 2.46. The van der Waals surface area contributed by atoms with Crippen LogP contribution in [0.3, 0.4) is 0 Å². The molecule has 1 aliphatic rings. The van der Waals surface area contributed by atoms with E-state index < -0.39 is 5.79 Å².